The predicted molar refractivity (Wildman–Crippen MR) is 43.5 cm³/mol. The quantitative estimate of drug-likeness (QED) is 0.604. The Hall–Kier alpha value is 0.830. The first kappa shape index (κ1) is 9.83. The van der Waals surface area contributed by atoms with E-state index in [4.69, 9.17) is 34.8 Å². The van der Waals surface area contributed by atoms with E-state index in [-0.39, 0.29) is 0 Å². The van der Waals surface area contributed by atoms with Gasteiger partial charge in [0.15, 0.2) is 3.79 Å². The van der Waals surface area contributed by atoms with Gasteiger partial charge in [0, 0.05) is 13.0 Å². The number of hydrogen-bond acceptors (Lipinski definition) is 1. The van der Waals surface area contributed by atoms with E-state index < -0.39 is 3.79 Å². The SMILES string of the molecule is CN(C)CCC(Cl)(Cl)Cl. The van der Waals surface area contributed by atoms with Crippen LogP contribution in [0.3, 0.4) is 0 Å². The van der Waals surface area contributed by atoms with Crippen LogP contribution in [-0.2, 0) is 0 Å². The number of hydrogen-bond donors (Lipinski definition) is 0. The maximum absolute atomic E-state index is 5.48. The number of rotatable bonds is 2. The molecule has 0 aromatic heterocycles. The molecular formula is C5H10Cl3N. The van der Waals surface area contributed by atoms with E-state index in [1.165, 1.54) is 0 Å². The second-order valence-corrected chi connectivity index (χ2v) is 4.68. The van der Waals surface area contributed by atoms with Crippen LogP contribution >= 0.6 is 34.8 Å². The standard InChI is InChI=1S/C5H10Cl3N/c1-9(2)4-3-5(6,7)8/h3-4H2,1-2H3. The van der Waals surface area contributed by atoms with Crippen LogP contribution in [-0.4, -0.2) is 29.3 Å². The van der Waals surface area contributed by atoms with Gasteiger partial charge in [0.25, 0.3) is 0 Å². The van der Waals surface area contributed by atoms with E-state index in [1.54, 1.807) is 0 Å². The predicted octanol–water partition coefficient (Wildman–Crippen LogP) is 2.31. The van der Waals surface area contributed by atoms with Gasteiger partial charge in [0.2, 0.25) is 0 Å². The van der Waals surface area contributed by atoms with Gasteiger partial charge in [0.1, 0.15) is 0 Å². The van der Waals surface area contributed by atoms with Crippen LogP contribution in [0.15, 0.2) is 0 Å². The smallest absolute Gasteiger partial charge is 0.191 e. The molecule has 0 aliphatic heterocycles. The maximum atomic E-state index is 5.48. The van der Waals surface area contributed by atoms with Crippen molar-refractivity contribution in [1.82, 2.24) is 4.90 Å². The lowest BCUT2D eigenvalue weighted by Crippen LogP contribution is -2.18. The summed E-state index contributed by atoms with van der Waals surface area (Å²) < 4.78 is -1.09. The highest BCUT2D eigenvalue weighted by Crippen LogP contribution is 2.29. The van der Waals surface area contributed by atoms with Gasteiger partial charge >= 0.3 is 0 Å². The lowest BCUT2D eigenvalue weighted by atomic mass is 10.4. The molecule has 4 heteroatoms. The molecule has 0 N–H and O–H groups in total. The van der Waals surface area contributed by atoms with Gasteiger partial charge < -0.3 is 4.90 Å². The van der Waals surface area contributed by atoms with E-state index in [0.717, 1.165) is 6.54 Å². The van der Waals surface area contributed by atoms with E-state index in [2.05, 4.69) is 0 Å². The molecule has 0 heterocycles. The van der Waals surface area contributed by atoms with Crippen LogP contribution in [0.2, 0.25) is 0 Å². The van der Waals surface area contributed by atoms with Crippen LogP contribution in [0.1, 0.15) is 6.42 Å². The van der Waals surface area contributed by atoms with E-state index >= 15 is 0 Å². The minimum atomic E-state index is -1.09. The first-order chi connectivity index (χ1) is 3.92. The van der Waals surface area contributed by atoms with E-state index in [1.807, 2.05) is 19.0 Å². The lowest BCUT2D eigenvalue weighted by molar-refractivity contribution is 0.402. The van der Waals surface area contributed by atoms with Gasteiger partial charge in [-0.1, -0.05) is 34.8 Å². The molecule has 0 rings (SSSR count). The molecule has 0 aromatic rings. The Morgan fingerprint density at radius 3 is 1.78 bits per heavy atom. The third kappa shape index (κ3) is 8.83. The fraction of sp³-hybridized carbons (Fsp3) is 1.00. The molecule has 0 unspecified atom stereocenters. The zero-order valence-corrected chi connectivity index (χ0v) is 7.76. The van der Waals surface area contributed by atoms with Gasteiger partial charge in [-0.05, 0) is 14.1 Å². The van der Waals surface area contributed by atoms with Crippen molar-refractivity contribution in [2.24, 2.45) is 0 Å². The maximum Gasteiger partial charge on any atom is 0.191 e. The van der Waals surface area contributed by atoms with Crippen molar-refractivity contribution in [1.29, 1.82) is 0 Å². The molecule has 1 nitrogen and oxygen atoms in total. The number of alkyl halides is 3. The summed E-state index contributed by atoms with van der Waals surface area (Å²) in [6, 6.07) is 0. The largest absolute Gasteiger partial charge is 0.309 e. The Balaban J connectivity index is 3.28. The number of nitrogens with zero attached hydrogens (tertiary/aromatic N) is 1. The van der Waals surface area contributed by atoms with Crippen LogP contribution in [0, 0.1) is 0 Å². The van der Waals surface area contributed by atoms with Crippen molar-refractivity contribution < 1.29 is 0 Å². The van der Waals surface area contributed by atoms with Crippen LogP contribution in [0.25, 0.3) is 0 Å². The fourth-order valence-corrected chi connectivity index (χ4v) is 0.604. The average molecular weight is 191 g/mol. The Bertz CT molecular complexity index is 76.8. The van der Waals surface area contributed by atoms with Crippen molar-refractivity contribution in [3.8, 4) is 0 Å². The van der Waals surface area contributed by atoms with Crippen molar-refractivity contribution in [2.45, 2.75) is 10.2 Å². The van der Waals surface area contributed by atoms with Crippen molar-refractivity contribution in [2.75, 3.05) is 20.6 Å². The minimum Gasteiger partial charge on any atom is -0.309 e. The summed E-state index contributed by atoms with van der Waals surface area (Å²) in [5.74, 6) is 0. The molecule has 0 saturated carbocycles. The van der Waals surface area contributed by atoms with Crippen molar-refractivity contribution >= 4 is 34.8 Å². The van der Waals surface area contributed by atoms with Crippen LogP contribution < -0.4 is 0 Å². The second kappa shape index (κ2) is 3.87. The molecule has 0 aliphatic rings. The highest BCUT2D eigenvalue weighted by molar-refractivity contribution is 6.67. The van der Waals surface area contributed by atoms with Crippen molar-refractivity contribution in [3.63, 3.8) is 0 Å². The summed E-state index contributed by atoms with van der Waals surface area (Å²) >= 11 is 16.4. The van der Waals surface area contributed by atoms with Gasteiger partial charge in [0.05, 0.1) is 0 Å². The molecular weight excluding hydrogens is 180 g/mol. The molecule has 0 spiro atoms. The Morgan fingerprint density at radius 2 is 1.67 bits per heavy atom. The minimum absolute atomic E-state index is 0.574. The second-order valence-electron chi connectivity index (χ2n) is 2.17. The third-order valence-corrected chi connectivity index (χ3v) is 1.41. The van der Waals surface area contributed by atoms with Gasteiger partial charge in [-0.3, -0.25) is 0 Å². The summed E-state index contributed by atoms with van der Waals surface area (Å²) in [5.41, 5.74) is 0. The zero-order valence-electron chi connectivity index (χ0n) is 5.50. The molecule has 0 radical (unpaired) electrons. The fourth-order valence-electron chi connectivity index (χ4n) is 0.350. The third-order valence-electron chi connectivity index (χ3n) is 0.842. The van der Waals surface area contributed by atoms with Crippen LogP contribution in [0.5, 0.6) is 0 Å². The van der Waals surface area contributed by atoms with Crippen molar-refractivity contribution in [3.05, 3.63) is 0 Å². The first-order valence-corrected chi connectivity index (χ1v) is 3.77. The molecule has 0 aliphatic carbocycles. The van der Waals surface area contributed by atoms with Gasteiger partial charge in [-0.15, -0.1) is 0 Å². The first-order valence-electron chi connectivity index (χ1n) is 2.63. The average Bonchev–Trinajstić information content (AvgIpc) is 1.59. The highest BCUT2D eigenvalue weighted by atomic mass is 35.6. The molecule has 0 saturated heterocycles. The monoisotopic (exact) mass is 189 g/mol. The highest BCUT2D eigenvalue weighted by Gasteiger charge is 2.18. The molecule has 0 bridgehead atoms. The summed E-state index contributed by atoms with van der Waals surface area (Å²) in [7, 11) is 3.88. The summed E-state index contributed by atoms with van der Waals surface area (Å²) in [6.07, 6.45) is 0.574. The van der Waals surface area contributed by atoms with Crippen LogP contribution in [0.4, 0.5) is 0 Å². The molecule has 0 amide bonds. The van der Waals surface area contributed by atoms with Gasteiger partial charge in [-0.2, -0.15) is 0 Å². The molecule has 56 valence electrons. The van der Waals surface area contributed by atoms with E-state index in [0.29, 0.717) is 6.42 Å². The summed E-state index contributed by atoms with van der Waals surface area (Å²) in [5, 5.41) is 0. The lowest BCUT2D eigenvalue weighted by Gasteiger charge is -2.14. The molecule has 0 aromatic carbocycles. The molecule has 0 atom stereocenters. The topological polar surface area (TPSA) is 3.24 Å². The normalized spacial score (nSPS) is 12.7. The Morgan fingerprint density at radius 1 is 1.22 bits per heavy atom. The summed E-state index contributed by atoms with van der Waals surface area (Å²) in [6.45, 7) is 0.802. The zero-order chi connectivity index (χ0) is 7.49. The Kier molecular flexibility index (Phi) is 4.22. The van der Waals surface area contributed by atoms with E-state index in [9.17, 15) is 0 Å². The molecule has 9 heavy (non-hydrogen) atoms. The Labute approximate surface area is 70.9 Å². The summed E-state index contributed by atoms with van der Waals surface area (Å²) in [4.78, 5) is 1.97. The number of halogens is 3. The molecule has 0 fully saturated rings. The van der Waals surface area contributed by atoms with Gasteiger partial charge in [-0.25, -0.2) is 0 Å².